The first-order valence-corrected chi connectivity index (χ1v) is 8.83. The van der Waals surface area contributed by atoms with Crippen LogP contribution in [0.4, 0.5) is 0 Å². The molecule has 1 aromatic carbocycles. The molecular weight excluding hydrogens is 296 g/mol. The van der Waals surface area contributed by atoms with Crippen LogP contribution in [0.1, 0.15) is 43.7 Å². The largest absolute Gasteiger partial charge is 0.508 e. The van der Waals surface area contributed by atoms with E-state index in [4.69, 9.17) is 11.2 Å². The quantitative estimate of drug-likeness (QED) is 0.633. The number of allylic oxidation sites excluding steroid dienone is 3. The fourth-order valence-corrected chi connectivity index (χ4v) is 5.71. The van der Waals surface area contributed by atoms with Crippen LogP contribution in [0.2, 0.25) is 0 Å². The maximum Gasteiger partial charge on any atom is 0.116 e. The van der Waals surface area contributed by atoms with Crippen molar-refractivity contribution in [3.63, 3.8) is 0 Å². The molecule has 0 bridgehead atoms. The van der Waals surface area contributed by atoms with E-state index in [9.17, 15) is 5.11 Å². The molecule has 124 valence electrons. The maximum atomic E-state index is 9.82. The summed E-state index contributed by atoms with van der Waals surface area (Å²) in [6, 6.07) is 5.78. The lowest BCUT2D eigenvalue weighted by atomic mass is 9.51. The second kappa shape index (κ2) is 5.18. The summed E-state index contributed by atoms with van der Waals surface area (Å²) in [7, 11) is 0. The number of phenolic OH excluding ortho intramolecular Hbond substituents is 1. The summed E-state index contributed by atoms with van der Waals surface area (Å²) in [6.07, 6.45) is 17.7. The highest BCUT2D eigenvalue weighted by Crippen LogP contribution is 2.65. The van der Waals surface area contributed by atoms with Crippen LogP contribution in [0.25, 0.3) is 5.57 Å². The normalized spacial score (nSPS) is 36.6. The van der Waals surface area contributed by atoms with Crippen molar-refractivity contribution in [2.45, 2.75) is 45.1 Å². The molecule has 0 amide bonds. The van der Waals surface area contributed by atoms with Crippen molar-refractivity contribution in [3.05, 3.63) is 48.1 Å². The van der Waals surface area contributed by atoms with Gasteiger partial charge in [-0.15, -0.1) is 6.58 Å². The second-order valence-electron chi connectivity index (χ2n) is 7.77. The zero-order valence-corrected chi connectivity index (χ0v) is 14.2. The van der Waals surface area contributed by atoms with Gasteiger partial charge in [-0.3, -0.25) is 0 Å². The first-order chi connectivity index (χ1) is 11.5. The van der Waals surface area contributed by atoms with E-state index in [0.29, 0.717) is 11.7 Å². The van der Waals surface area contributed by atoms with Gasteiger partial charge in [0.15, 0.2) is 0 Å². The van der Waals surface area contributed by atoms with Gasteiger partial charge in [-0.2, -0.15) is 0 Å². The van der Waals surface area contributed by atoms with Gasteiger partial charge in [0.25, 0.3) is 0 Å². The summed E-state index contributed by atoms with van der Waals surface area (Å²) in [6.45, 7) is 6.57. The van der Waals surface area contributed by atoms with Crippen molar-refractivity contribution in [3.8, 4) is 18.3 Å². The van der Waals surface area contributed by atoms with Crippen LogP contribution in [0.15, 0.2) is 36.9 Å². The monoisotopic (exact) mass is 320 g/mol. The lowest BCUT2D eigenvalue weighted by Gasteiger charge is -2.53. The Hall–Kier alpha value is -2.14. The third-order valence-electron chi connectivity index (χ3n) is 6.88. The van der Waals surface area contributed by atoms with Gasteiger partial charge in [-0.05, 0) is 66.9 Å². The minimum atomic E-state index is -0.0102. The average Bonchev–Trinajstić information content (AvgIpc) is 2.92. The van der Waals surface area contributed by atoms with Crippen molar-refractivity contribution in [1.82, 2.24) is 0 Å². The number of ether oxygens (including phenoxy) is 1. The number of rotatable bonds is 2. The van der Waals surface area contributed by atoms with Crippen molar-refractivity contribution in [1.29, 1.82) is 0 Å². The Labute approximate surface area is 144 Å². The van der Waals surface area contributed by atoms with Gasteiger partial charge in [0.1, 0.15) is 18.0 Å². The molecule has 0 heterocycles. The van der Waals surface area contributed by atoms with Crippen LogP contribution >= 0.6 is 0 Å². The number of phenols is 1. The summed E-state index contributed by atoms with van der Waals surface area (Å²) >= 11 is 0. The van der Waals surface area contributed by atoms with E-state index >= 15 is 0 Å². The fraction of sp³-hybridized carbons (Fsp3) is 0.455. The SMILES string of the molecule is C#CO[C@@H]1CCC2[C@]1(C)CC=C1c3ccc(O)cc3CC[C@]12C=C. The highest BCUT2D eigenvalue weighted by atomic mass is 16.5. The highest BCUT2D eigenvalue weighted by molar-refractivity contribution is 5.78. The molecule has 2 nitrogen and oxygen atoms in total. The van der Waals surface area contributed by atoms with E-state index < -0.39 is 0 Å². The Kier molecular flexibility index (Phi) is 3.32. The number of benzene rings is 1. The molecule has 3 aliphatic rings. The number of terminal acetylenes is 1. The molecule has 2 heteroatoms. The molecule has 0 aliphatic heterocycles. The van der Waals surface area contributed by atoms with Crippen LogP contribution in [-0.2, 0) is 11.2 Å². The summed E-state index contributed by atoms with van der Waals surface area (Å²) in [4.78, 5) is 0. The predicted molar refractivity (Wildman–Crippen MR) is 96.2 cm³/mol. The Bertz CT molecular complexity index is 769. The Balaban J connectivity index is 1.85. The van der Waals surface area contributed by atoms with Gasteiger partial charge >= 0.3 is 0 Å². The molecule has 1 unspecified atom stereocenters. The predicted octanol–water partition coefficient (Wildman–Crippen LogP) is 4.69. The molecule has 0 aromatic heterocycles. The Morgan fingerprint density at radius 2 is 2.25 bits per heavy atom. The smallest absolute Gasteiger partial charge is 0.116 e. The van der Waals surface area contributed by atoms with Gasteiger partial charge < -0.3 is 9.84 Å². The standard InChI is InChI=1S/C22H24O2/c1-4-22-13-10-15-14-16(23)6-7-17(15)18(22)11-12-21(3)19(22)8-9-20(21)24-5-2/h2,4,6-7,11,14,19-20,23H,1,8-10,12-13H2,3H3/t19?,20-,21+,22-/m1/s1. The molecule has 0 spiro atoms. The van der Waals surface area contributed by atoms with Gasteiger partial charge in [0, 0.05) is 10.8 Å². The lowest BCUT2D eigenvalue weighted by molar-refractivity contribution is 0.00933. The van der Waals surface area contributed by atoms with Gasteiger partial charge in [0.2, 0.25) is 0 Å². The second-order valence-corrected chi connectivity index (χ2v) is 7.77. The van der Waals surface area contributed by atoms with Gasteiger partial charge in [-0.1, -0.05) is 31.6 Å². The molecule has 1 fully saturated rings. The van der Waals surface area contributed by atoms with E-state index in [1.807, 2.05) is 6.07 Å². The van der Waals surface area contributed by atoms with Crippen molar-refractivity contribution >= 4 is 5.57 Å². The molecule has 24 heavy (non-hydrogen) atoms. The number of fused-ring (bicyclic) bond motifs is 5. The fourth-order valence-electron chi connectivity index (χ4n) is 5.71. The molecule has 1 saturated carbocycles. The summed E-state index contributed by atoms with van der Waals surface area (Å²) in [5.74, 6) is 0.854. The molecule has 1 N–H and O–H groups in total. The van der Waals surface area contributed by atoms with Crippen molar-refractivity contribution in [2.75, 3.05) is 0 Å². The highest BCUT2D eigenvalue weighted by Gasteiger charge is 2.59. The third kappa shape index (κ3) is 1.85. The van der Waals surface area contributed by atoms with Gasteiger partial charge in [0.05, 0.1) is 0 Å². The van der Waals surface area contributed by atoms with Crippen molar-refractivity contribution in [2.24, 2.45) is 16.7 Å². The van der Waals surface area contributed by atoms with E-state index in [-0.39, 0.29) is 16.9 Å². The zero-order valence-electron chi connectivity index (χ0n) is 14.2. The van der Waals surface area contributed by atoms with Gasteiger partial charge in [-0.25, -0.2) is 0 Å². The van der Waals surface area contributed by atoms with Crippen molar-refractivity contribution < 1.29 is 9.84 Å². The topological polar surface area (TPSA) is 29.5 Å². The number of hydrogen-bond acceptors (Lipinski definition) is 2. The molecule has 0 saturated heterocycles. The van der Waals surface area contributed by atoms with E-state index in [2.05, 4.69) is 37.8 Å². The summed E-state index contributed by atoms with van der Waals surface area (Å²) in [5, 5.41) is 9.82. The zero-order chi connectivity index (χ0) is 16.9. The van der Waals surface area contributed by atoms with Crippen LogP contribution in [0.5, 0.6) is 5.75 Å². The molecule has 3 aliphatic carbocycles. The van der Waals surface area contributed by atoms with E-state index in [0.717, 1.165) is 32.1 Å². The summed E-state index contributed by atoms with van der Waals surface area (Å²) < 4.78 is 5.66. The molecular formula is C22H24O2. The number of hydrogen-bond donors (Lipinski definition) is 1. The van der Waals surface area contributed by atoms with Crippen LogP contribution < -0.4 is 0 Å². The van der Waals surface area contributed by atoms with E-state index in [1.165, 1.54) is 16.7 Å². The lowest BCUT2D eigenvalue weighted by Crippen LogP contribution is -2.46. The maximum absolute atomic E-state index is 9.82. The van der Waals surface area contributed by atoms with Crippen LogP contribution in [0, 0.1) is 29.3 Å². The van der Waals surface area contributed by atoms with E-state index in [1.54, 1.807) is 6.07 Å². The average molecular weight is 320 g/mol. The molecule has 0 radical (unpaired) electrons. The first-order valence-electron chi connectivity index (χ1n) is 8.83. The Morgan fingerprint density at radius 1 is 1.42 bits per heavy atom. The summed E-state index contributed by atoms with van der Waals surface area (Å²) in [5.41, 5.74) is 3.98. The minimum Gasteiger partial charge on any atom is -0.508 e. The van der Waals surface area contributed by atoms with Crippen LogP contribution in [0.3, 0.4) is 0 Å². The number of aromatic hydroxyl groups is 1. The minimum absolute atomic E-state index is 0.0102. The molecule has 4 rings (SSSR count). The molecule has 1 aromatic rings. The number of aryl methyl sites for hydroxylation is 1. The first kappa shape index (κ1) is 15.4. The molecule has 4 atom stereocenters. The third-order valence-corrected chi connectivity index (χ3v) is 6.88. The van der Waals surface area contributed by atoms with Crippen LogP contribution in [-0.4, -0.2) is 11.2 Å². The Morgan fingerprint density at radius 3 is 3.00 bits per heavy atom.